The highest BCUT2D eigenvalue weighted by Gasteiger charge is 2.25. The predicted octanol–water partition coefficient (Wildman–Crippen LogP) is 12.3. The maximum Gasteiger partial charge on any atom is 0.194 e. The van der Waals surface area contributed by atoms with Crippen LogP contribution in [0.4, 0.5) is 0 Å². The third kappa shape index (κ3) is 4.08. The van der Waals surface area contributed by atoms with Gasteiger partial charge in [-0.15, -0.1) is 22.7 Å². The highest BCUT2D eigenvalue weighted by Crippen LogP contribution is 2.45. The van der Waals surface area contributed by atoms with Crippen LogP contribution in [-0.2, 0) is 0 Å². The molecule has 0 amide bonds. The van der Waals surface area contributed by atoms with E-state index < -0.39 is 0 Å². The van der Waals surface area contributed by atoms with Crippen molar-refractivity contribution >= 4 is 92.0 Å². The van der Waals surface area contributed by atoms with Crippen LogP contribution < -0.4 is 0 Å². The number of carbonyl (C=O) groups is 1. The molecule has 0 fully saturated rings. The van der Waals surface area contributed by atoms with Gasteiger partial charge >= 0.3 is 0 Å². The highest BCUT2D eigenvalue weighted by molar-refractivity contribution is 7.26. The van der Waals surface area contributed by atoms with Crippen molar-refractivity contribution in [3.05, 3.63) is 142 Å². The van der Waals surface area contributed by atoms with E-state index in [0.29, 0.717) is 21.2 Å². The molecular weight excluding hydrogens is 595 g/mol. The standard InChI is InChI=1S/C37H20Cl2OS2/c38-23-13-9-21(10-14-23)33-27(17-19-31-35(33)25-5-1-3-7-29(25)41-31)37(40)28-18-20-32-36(26-6-2-4-8-30(26)42-32)34(28)22-11-15-24(39)16-12-22/h1-20H. The Balaban J connectivity index is 1.46. The van der Waals surface area contributed by atoms with Crippen LogP contribution in [0.15, 0.2) is 121 Å². The number of rotatable bonds is 4. The number of halogens is 2. The van der Waals surface area contributed by atoms with E-state index in [1.54, 1.807) is 22.7 Å². The first-order chi connectivity index (χ1) is 20.6. The van der Waals surface area contributed by atoms with E-state index in [-0.39, 0.29) is 5.78 Å². The molecular formula is C37H20Cl2OS2. The number of hydrogen-bond acceptors (Lipinski definition) is 3. The first kappa shape index (κ1) is 25.7. The molecule has 0 saturated heterocycles. The molecule has 0 unspecified atom stereocenters. The molecule has 6 aromatic carbocycles. The highest BCUT2D eigenvalue weighted by atomic mass is 35.5. The minimum absolute atomic E-state index is 0.0146. The Bertz CT molecular complexity index is 2160. The maximum atomic E-state index is 14.9. The Hall–Kier alpha value is -3.99. The lowest BCUT2D eigenvalue weighted by molar-refractivity contribution is 0.104. The summed E-state index contributed by atoms with van der Waals surface area (Å²) in [5.41, 5.74) is 5.14. The number of ketones is 1. The fourth-order valence-electron chi connectivity index (χ4n) is 5.99. The minimum Gasteiger partial charge on any atom is -0.289 e. The van der Waals surface area contributed by atoms with E-state index in [2.05, 4.69) is 60.7 Å². The SMILES string of the molecule is O=C(c1ccc2sc3ccccc3c2c1-c1ccc(Cl)cc1)c1ccc2sc3ccccc3c2c1-c1ccc(Cl)cc1. The van der Waals surface area contributed by atoms with E-state index >= 15 is 0 Å². The second-order valence-electron chi connectivity index (χ2n) is 10.3. The van der Waals surface area contributed by atoms with Crippen LogP contribution in [0.2, 0.25) is 10.0 Å². The number of fused-ring (bicyclic) bond motifs is 6. The van der Waals surface area contributed by atoms with Crippen LogP contribution in [-0.4, -0.2) is 5.78 Å². The van der Waals surface area contributed by atoms with Gasteiger partial charge in [-0.1, -0.05) is 83.9 Å². The van der Waals surface area contributed by atoms with Crippen LogP contribution in [0.5, 0.6) is 0 Å². The zero-order valence-corrected chi connectivity index (χ0v) is 25.2. The molecule has 1 nitrogen and oxygen atoms in total. The van der Waals surface area contributed by atoms with Crippen molar-refractivity contribution in [1.82, 2.24) is 0 Å². The van der Waals surface area contributed by atoms with Gasteiger partial charge in [0.05, 0.1) is 0 Å². The van der Waals surface area contributed by atoms with Crippen LogP contribution in [0.25, 0.3) is 62.6 Å². The fraction of sp³-hybridized carbons (Fsp3) is 0. The molecule has 2 heterocycles. The topological polar surface area (TPSA) is 17.1 Å². The average molecular weight is 616 g/mol. The molecule has 0 aliphatic carbocycles. The smallest absolute Gasteiger partial charge is 0.194 e. The lowest BCUT2D eigenvalue weighted by atomic mass is 9.86. The van der Waals surface area contributed by atoms with Crippen LogP contribution >= 0.6 is 45.9 Å². The molecule has 0 bridgehead atoms. The Kier molecular flexibility index (Phi) is 6.17. The summed E-state index contributed by atoms with van der Waals surface area (Å²) in [4.78, 5) is 14.9. The first-order valence-electron chi connectivity index (χ1n) is 13.5. The normalized spacial score (nSPS) is 11.7. The summed E-state index contributed by atoms with van der Waals surface area (Å²) in [5, 5.41) is 5.81. The van der Waals surface area contributed by atoms with Gasteiger partial charge in [-0.2, -0.15) is 0 Å². The largest absolute Gasteiger partial charge is 0.289 e. The molecule has 0 spiro atoms. The summed E-state index contributed by atoms with van der Waals surface area (Å²) < 4.78 is 4.69. The van der Waals surface area contributed by atoms with Crippen molar-refractivity contribution < 1.29 is 4.79 Å². The predicted molar refractivity (Wildman–Crippen MR) is 183 cm³/mol. The van der Waals surface area contributed by atoms with Gasteiger partial charge in [0.15, 0.2) is 5.78 Å². The van der Waals surface area contributed by atoms with Crippen molar-refractivity contribution in [2.45, 2.75) is 0 Å². The second-order valence-corrected chi connectivity index (χ2v) is 13.3. The number of carbonyl (C=O) groups excluding carboxylic acids is 1. The van der Waals surface area contributed by atoms with E-state index in [0.717, 1.165) is 53.2 Å². The van der Waals surface area contributed by atoms with Gasteiger partial charge in [-0.05, 0) is 71.8 Å². The number of benzene rings is 6. The summed E-state index contributed by atoms with van der Waals surface area (Å²) in [7, 11) is 0. The maximum absolute atomic E-state index is 14.9. The summed E-state index contributed by atoms with van der Waals surface area (Å²) in [6.07, 6.45) is 0. The third-order valence-electron chi connectivity index (χ3n) is 7.84. The Morgan fingerprint density at radius 2 is 0.857 bits per heavy atom. The monoisotopic (exact) mass is 614 g/mol. The Labute approximate surface area is 260 Å². The van der Waals surface area contributed by atoms with Crippen molar-refractivity contribution in [3.8, 4) is 22.3 Å². The second kappa shape index (κ2) is 10.1. The molecule has 42 heavy (non-hydrogen) atoms. The molecule has 2 aromatic heterocycles. The molecule has 0 radical (unpaired) electrons. The van der Waals surface area contributed by atoms with Crippen molar-refractivity contribution in [2.75, 3.05) is 0 Å². The van der Waals surface area contributed by atoms with Crippen LogP contribution in [0.3, 0.4) is 0 Å². The van der Waals surface area contributed by atoms with Gasteiger partial charge in [0, 0.05) is 72.6 Å². The molecule has 8 aromatic rings. The lowest BCUT2D eigenvalue weighted by Crippen LogP contribution is -2.06. The van der Waals surface area contributed by atoms with Gasteiger partial charge in [0.2, 0.25) is 0 Å². The summed E-state index contributed by atoms with van der Waals surface area (Å²) in [6.45, 7) is 0. The Morgan fingerprint density at radius 1 is 0.452 bits per heavy atom. The van der Waals surface area contributed by atoms with E-state index in [9.17, 15) is 4.79 Å². The fourth-order valence-corrected chi connectivity index (χ4v) is 8.47. The van der Waals surface area contributed by atoms with E-state index in [1.807, 2.05) is 60.7 Å². The van der Waals surface area contributed by atoms with Crippen molar-refractivity contribution in [3.63, 3.8) is 0 Å². The molecule has 0 atom stereocenters. The van der Waals surface area contributed by atoms with Gasteiger partial charge in [-0.3, -0.25) is 4.79 Å². The van der Waals surface area contributed by atoms with Gasteiger partial charge in [-0.25, -0.2) is 0 Å². The third-order valence-corrected chi connectivity index (χ3v) is 10.6. The summed E-state index contributed by atoms with van der Waals surface area (Å²) >= 11 is 16.1. The number of thiophene rings is 2. The molecule has 8 rings (SSSR count). The molecule has 0 aliphatic heterocycles. The molecule has 200 valence electrons. The zero-order chi connectivity index (χ0) is 28.4. The molecule has 5 heteroatoms. The zero-order valence-electron chi connectivity index (χ0n) is 22.0. The number of hydrogen-bond donors (Lipinski definition) is 0. The van der Waals surface area contributed by atoms with Gasteiger partial charge in [0.25, 0.3) is 0 Å². The van der Waals surface area contributed by atoms with Crippen molar-refractivity contribution in [2.24, 2.45) is 0 Å². The molecule has 0 saturated carbocycles. The minimum atomic E-state index is -0.0146. The Morgan fingerprint density at radius 3 is 1.29 bits per heavy atom. The summed E-state index contributed by atoms with van der Waals surface area (Å²) in [6, 6.07) is 40.6. The first-order valence-corrected chi connectivity index (χ1v) is 15.9. The van der Waals surface area contributed by atoms with Crippen molar-refractivity contribution in [1.29, 1.82) is 0 Å². The quantitative estimate of drug-likeness (QED) is 0.180. The molecule has 0 N–H and O–H groups in total. The molecule has 0 aliphatic rings. The van der Waals surface area contributed by atoms with E-state index in [1.165, 1.54) is 9.40 Å². The van der Waals surface area contributed by atoms with Crippen LogP contribution in [0, 0.1) is 0 Å². The average Bonchev–Trinajstić information content (AvgIpc) is 3.59. The lowest BCUT2D eigenvalue weighted by Gasteiger charge is -2.16. The van der Waals surface area contributed by atoms with Crippen LogP contribution in [0.1, 0.15) is 15.9 Å². The van der Waals surface area contributed by atoms with Gasteiger partial charge < -0.3 is 0 Å². The summed E-state index contributed by atoms with van der Waals surface area (Å²) in [5.74, 6) is -0.0146. The van der Waals surface area contributed by atoms with E-state index in [4.69, 9.17) is 23.2 Å². The van der Waals surface area contributed by atoms with Gasteiger partial charge in [0.1, 0.15) is 0 Å².